The SMILES string of the molecule is CCc1c(-c2ccc(OC)nc2)c2cc(C(F)(F)F)ccc2n1Cc1cccc(OC)c1.CCc1c(-c2ccc(OC)nc2)c2ccc(C)cc2n1Cc1ccccc1Cl.CCc1c(-c2cnc(SC)nc2)c2ccc(C)cc2n1Cc1ccccc1Cl.COc1ccc2c(c1)c(-c1ccncc1)c(CO)n2Cc1ccc(C)cc1F. The molecular formula is C95H89Cl2F4N9O5S. The van der Waals surface area contributed by atoms with Crippen molar-refractivity contribution in [3.8, 4) is 67.8 Å². The smallest absolute Gasteiger partial charge is 0.416 e. The Balaban J connectivity index is 0.000000135. The van der Waals surface area contributed by atoms with E-state index < -0.39 is 11.7 Å². The first-order valence-corrected chi connectivity index (χ1v) is 40.1. The number of hydrogen-bond acceptors (Lipinski definition) is 11. The lowest BCUT2D eigenvalue weighted by atomic mass is 10.0. The molecule has 8 aromatic carbocycles. The summed E-state index contributed by atoms with van der Waals surface area (Å²) in [5.74, 6) is 2.28. The highest BCUT2D eigenvalue weighted by Gasteiger charge is 2.32. The van der Waals surface area contributed by atoms with E-state index in [9.17, 15) is 22.7 Å². The largest absolute Gasteiger partial charge is 0.497 e. The second kappa shape index (κ2) is 36.8. The van der Waals surface area contributed by atoms with Crippen molar-refractivity contribution in [3.05, 3.63) is 321 Å². The molecule has 16 aromatic rings. The van der Waals surface area contributed by atoms with Crippen molar-refractivity contribution in [2.24, 2.45) is 0 Å². The van der Waals surface area contributed by atoms with Crippen molar-refractivity contribution in [1.29, 1.82) is 0 Å². The van der Waals surface area contributed by atoms with Crippen molar-refractivity contribution in [1.82, 2.24) is 43.2 Å². The average molecular weight is 1620 g/mol. The second-order valence-electron chi connectivity index (χ2n) is 28.0. The van der Waals surface area contributed by atoms with E-state index in [2.05, 4.69) is 121 Å². The molecule has 0 aliphatic heterocycles. The maximum Gasteiger partial charge on any atom is 0.416 e. The van der Waals surface area contributed by atoms with E-state index in [1.807, 2.05) is 152 Å². The first-order chi connectivity index (χ1) is 56.2. The fourth-order valence-electron chi connectivity index (χ4n) is 15.3. The molecule has 16 rings (SSSR count). The molecule has 8 aromatic heterocycles. The van der Waals surface area contributed by atoms with Crippen LogP contribution in [0.5, 0.6) is 23.3 Å². The number of alkyl halides is 3. The third-order valence-corrected chi connectivity index (χ3v) is 22.1. The van der Waals surface area contributed by atoms with Crippen LogP contribution in [-0.2, 0) is 58.2 Å². The molecule has 592 valence electrons. The van der Waals surface area contributed by atoms with E-state index in [0.29, 0.717) is 42.2 Å². The van der Waals surface area contributed by atoms with Gasteiger partial charge in [-0.3, -0.25) is 4.98 Å². The van der Waals surface area contributed by atoms with Gasteiger partial charge in [0.2, 0.25) is 11.8 Å². The molecule has 0 aliphatic carbocycles. The van der Waals surface area contributed by atoms with Crippen LogP contribution >= 0.6 is 35.0 Å². The van der Waals surface area contributed by atoms with Crippen LogP contribution in [0.25, 0.3) is 88.1 Å². The summed E-state index contributed by atoms with van der Waals surface area (Å²) >= 11 is 14.5. The van der Waals surface area contributed by atoms with Crippen molar-refractivity contribution in [3.63, 3.8) is 0 Å². The number of pyridine rings is 3. The minimum Gasteiger partial charge on any atom is -0.497 e. The molecule has 0 spiro atoms. The van der Waals surface area contributed by atoms with Crippen LogP contribution in [0.2, 0.25) is 10.0 Å². The predicted octanol–water partition coefficient (Wildman–Crippen LogP) is 23.7. The maximum absolute atomic E-state index is 14.5. The van der Waals surface area contributed by atoms with Crippen LogP contribution in [-0.4, -0.2) is 83.0 Å². The molecule has 0 amide bonds. The van der Waals surface area contributed by atoms with Crippen LogP contribution in [0.4, 0.5) is 17.6 Å². The zero-order chi connectivity index (χ0) is 81.9. The Bertz CT molecular complexity index is 5960. The second-order valence-corrected chi connectivity index (χ2v) is 29.6. The Morgan fingerprint density at radius 2 is 0.879 bits per heavy atom. The highest BCUT2D eigenvalue weighted by Crippen LogP contribution is 2.44. The van der Waals surface area contributed by atoms with Gasteiger partial charge in [0.05, 0.1) is 52.8 Å². The summed E-state index contributed by atoms with van der Waals surface area (Å²) in [6.07, 6.45) is 10.9. The highest BCUT2D eigenvalue weighted by atomic mass is 35.5. The van der Waals surface area contributed by atoms with E-state index in [1.165, 1.54) is 74.7 Å². The van der Waals surface area contributed by atoms with Crippen molar-refractivity contribution >= 4 is 78.6 Å². The van der Waals surface area contributed by atoms with E-state index in [4.69, 9.17) is 42.1 Å². The van der Waals surface area contributed by atoms with Crippen molar-refractivity contribution in [2.45, 2.75) is 105 Å². The third kappa shape index (κ3) is 17.7. The number of rotatable bonds is 21. The zero-order valence-electron chi connectivity index (χ0n) is 66.5. The van der Waals surface area contributed by atoms with E-state index >= 15 is 0 Å². The summed E-state index contributed by atoms with van der Waals surface area (Å²) in [5, 5.41) is 16.6. The molecule has 14 nitrogen and oxygen atoms in total. The number of nitrogens with zero attached hydrogens (tertiary/aromatic N) is 9. The molecule has 0 radical (unpaired) electrons. The Labute approximate surface area is 687 Å². The minimum atomic E-state index is -4.43. The van der Waals surface area contributed by atoms with Gasteiger partial charge in [0, 0.05) is 184 Å². The molecule has 0 saturated heterocycles. The monoisotopic (exact) mass is 1610 g/mol. The fourth-order valence-corrected chi connectivity index (χ4v) is 16.0. The van der Waals surface area contributed by atoms with Gasteiger partial charge in [-0.05, 0) is 188 Å². The van der Waals surface area contributed by atoms with Gasteiger partial charge in [-0.15, -0.1) is 0 Å². The average Bonchev–Trinajstić information content (AvgIpc) is 1.62. The van der Waals surface area contributed by atoms with Crippen molar-refractivity contribution in [2.75, 3.05) is 34.7 Å². The van der Waals surface area contributed by atoms with Crippen LogP contribution < -0.4 is 18.9 Å². The lowest BCUT2D eigenvalue weighted by Crippen LogP contribution is -2.07. The van der Waals surface area contributed by atoms with Gasteiger partial charge in [0.15, 0.2) is 5.16 Å². The Morgan fingerprint density at radius 3 is 1.37 bits per heavy atom. The number of thioether (sulfide) groups is 1. The minimum absolute atomic E-state index is 0.165. The molecule has 0 atom stereocenters. The Kier molecular flexibility index (Phi) is 26.1. The van der Waals surface area contributed by atoms with Gasteiger partial charge >= 0.3 is 6.18 Å². The zero-order valence-corrected chi connectivity index (χ0v) is 68.8. The Hall–Kier alpha value is -11.7. The molecule has 21 heteroatoms. The number of benzene rings is 8. The number of aliphatic hydroxyl groups excluding tert-OH is 1. The number of aromatic nitrogens is 9. The topological polar surface area (TPSA) is 141 Å². The standard InChI is InChI=1S/C25H23F3N2O2.C24H23ClN2O.C23H22ClN3S.C23H21FN2O2/c1-4-21-24(17-8-11-23(32-3)29-14-17)20-13-18(25(26,27)28)9-10-22(20)30(21)15-16-6-5-7-19(12-16)31-2;1-4-21-24(17-10-12-23(28-3)26-14-17)19-11-9-16(2)13-22(19)27(21)15-18-7-5-6-8-20(18)25;1-4-20-22(17-12-25-23(28-3)26-13-17)18-10-9-15(2)11-21(18)27(20)14-16-7-5-6-8-19(16)24;1-15-3-4-17(20(24)11-15)13-26-21-6-5-18(28-2)12-19(21)23(22(26)14-27)16-7-9-25-10-8-16/h5-14H,4,15H2,1-3H3;5-14H,4,15H2,1-3H3;5-13H,4,14H2,1-3H3;3-12,27H,13-14H2,1-2H3. The Morgan fingerprint density at radius 1 is 0.414 bits per heavy atom. The molecule has 1 N–H and O–H groups in total. The first kappa shape index (κ1) is 82.2. The van der Waals surface area contributed by atoms with Crippen LogP contribution in [0.3, 0.4) is 0 Å². The third-order valence-electron chi connectivity index (χ3n) is 20.8. The number of aryl methyl sites for hydroxylation is 3. The molecule has 116 heavy (non-hydrogen) atoms. The molecule has 8 heterocycles. The highest BCUT2D eigenvalue weighted by molar-refractivity contribution is 7.98. The summed E-state index contributed by atoms with van der Waals surface area (Å²) in [4.78, 5) is 21.8. The summed E-state index contributed by atoms with van der Waals surface area (Å²) in [6.45, 7) is 14.7. The number of fused-ring (bicyclic) bond motifs is 4. The number of ether oxygens (including phenoxy) is 4. The lowest BCUT2D eigenvalue weighted by Gasteiger charge is -2.12. The molecule has 0 saturated carbocycles. The van der Waals surface area contributed by atoms with E-state index in [0.717, 1.165) is 142 Å². The summed E-state index contributed by atoms with van der Waals surface area (Å²) < 4.78 is 85.0. The van der Waals surface area contributed by atoms with Crippen LogP contribution in [0, 0.1) is 26.6 Å². The van der Waals surface area contributed by atoms with E-state index in [1.54, 1.807) is 69.9 Å². The quantitative estimate of drug-likeness (QED) is 0.0417. The van der Waals surface area contributed by atoms with Gasteiger partial charge < -0.3 is 42.3 Å². The van der Waals surface area contributed by atoms with Gasteiger partial charge in [0.25, 0.3) is 0 Å². The number of hydrogen-bond donors (Lipinski definition) is 1. The molecule has 0 aliphatic rings. The number of methoxy groups -OCH3 is 4. The normalized spacial score (nSPS) is 11.3. The van der Waals surface area contributed by atoms with Crippen molar-refractivity contribution < 1.29 is 41.6 Å². The summed E-state index contributed by atoms with van der Waals surface area (Å²) in [5.41, 5.74) is 22.8. The van der Waals surface area contributed by atoms with E-state index in [-0.39, 0.29) is 12.4 Å². The maximum atomic E-state index is 14.5. The fraction of sp³-hybridized carbons (Fsp3) is 0.211. The molecule has 0 fully saturated rings. The summed E-state index contributed by atoms with van der Waals surface area (Å²) in [6, 6.07) is 63.4. The molecule has 0 unspecified atom stereocenters. The number of aliphatic hydroxyl groups is 1. The van der Waals surface area contributed by atoms with Crippen LogP contribution in [0.1, 0.15) is 88.1 Å². The van der Waals surface area contributed by atoms with Gasteiger partial charge in [-0.2, -0.15) is 13.2 Å². The van der Waals surface area contributed by atoms with Gasteiger partial charge in [0.1, 0.15) is 17.3 Å². The van der Waals surface area contributed by atoms with Crippen LogP contribution in [0.15, 0.2) is 243 Å². The lowest BCUT2D eigenvalue weighted by molar-refractivity contribution is -0.137. The molecule has 0 bridgehead atoms. The first-order valence-electron chi connectivity index (χ1n) is 38.1. The molecular weight excluding hydrogens is 1530 g/mol. The van der Waals surface area contributed by atoms with Gasteiger partial charge in [-0.1, -0.05) is 141 Å². The van der Waals surface area contributed by atoms with Gasteiger partial charge in [-0.25, -0.2) is 24.3 Å². The summed E-state index contributed by atoms with van der Waals surface area (Å²) in [7, 11) is 6.39. The predicted molar refractivity (Wildman–Crippen MR) is 462 cm³/mol. The number of halogens is 6.